The fourth-order valence-corrected chi connectivity index (χ4v) is 5.24. The lowest BCUT2D eigenvalue weighted by Gasteiger charge is -2.12. The topological polar surface area (TPSA) is 46.2 Å². The fraction of sp³-hybridized carbons (Fsp3) is 0.500. The zero-order valence-electron chi connectivity index (χ0n) is 10.3. The Balaban J connectivity index is 1.94. The van der Waals surface area contributed by atoms with Crippen molar-refractivity contribution >= 4 is 44.6 Å². The molecule has 0 saturated heterocycles. The molecule has 1 aromatic rings. The Morgan fingerprint density at radius 1 is 1.32 bits per heavy atom. The summed E-state index contributed by atoms with van der Waals surface area (Å²) in [5.74, 6) is 0. The van der Waals surface area contributed by atoms with E-state index in [4.69, 9.17) is 23.2 Å². The van der Waals surface area contributed by atoms with E-state index in [1.54, 1.807) is 0 Å². The highest BCUT2D eigenvalue weighted by molar-refractivity contribution is 7.89. The molecule has 1 aromatic heterocycles. The molecule has 1 N–H and O–H groups in total. The van der Waals surface area contributed by atoms with Crippen molar-refractivity contribution in [1.29, 1.82) is 0 Å². The Morgan fingerprint density at radius 3 is 2.68 bits per heavy atom. The molecular formula is C12H15Cl2NO2S2. The summed E-state index contributed by atoms with van der Waals surface area (Å²) in [6.45, 7) is 0.401. The lowest BCUT2D eigenvalue weighted by Crippen LogP contribution is -2.25. The number of thiophene rings is 1. The molecule has 0 amide bonds. The van der Waals surface area contributed by atoms with Crippen molar-refractivity contribution in [2.45, 2.75) is 37.0 Å². The Labute approximate surface area is 127 Å². The summed E-state index contributed by atoms with van der Waals surface area (Å²) in [5.41, 5.74) is 1.34. The van der Waals surface area contributed by atoms with E-state index < -0.39 is 10.0 Å². The van der Waals surface area contributed by atoms with Crippen molar-refractivity contribution in [3.63, 3.8) is 0 Å². The Bertz CT molecular complexity index is 579. The van der Waals surface area contributed by atoms with Gasteiger partial charge in [0.2, 0.25) is 10.0 Å². The standard InChI is InChI=1S/C12H15Cl2NO2S2/c13-11-8-10(12(14)18-11)19(16,17)15-7-6-9-4-2-1-3-5-9/h4,8,15H,1-3,5-7H2. The molecule has 7 heteroatoms. The number of sulfonamides is 1. The third-order valence-corrected chi connectivity index (χ3v) is 6.25. The molecule has 0 atom stereocenters. The molecule has 106 valence electrons. The minimum absolute atomic E-state index is 0.0711. The summed E-state index contributed by atoms with van der Waals surface area (Å²) in [5, 5.41) is 0. The number of halogens is 2. The second-order valence-electron chi connectivity index (χ2n) is 4.44. The number of allylic oxidation sites excluding steroid dienone is 1. The average molecular weight is 340 g/mol. The number of hydrogen-bond donors (Lipinski definition) is 1. The first-order valence-electron chi connectivity index (χ1n) is 6.11. The van der Waals surface area contributed by atoms with Gasteiger partial charge in [0, 0.05) is 6.54 Å². The molecule has 1 aliphatic rings. The maximum atomic E-state index is 12.0. The normalized spacial score (nSPS) is 16.4. The Hall–Kier alpha value is -0.0700. The molecule has 3 nitrogen and oxygen atoms in total. The van der Waals surface area contributed by atoms with Crippen LogP contribution in [0.1, 0.15) is 32.1 Å². The highest BCUT2D eigenvalue weighted by Gasteiger charge is 2.20. The molecule has 0 bridgehead atoms. The highest BCUT2D eigenvalue weighted by atomic mass is 35.5. The molecule has 0 spiro atoms. The summed E-state index contributed by atoms with van der Waals surface area (Å²) < 4.78 is 27.2. The van der Waals surface area contributed by atoms with Gasteiger partial charge in [-0.15, -0.1) is 11.3 Å². The van der Waals surface area contributed by atoms with Crippen molar-refractivity contribution in [1.82, 2.24) is 4.72 Å². The van der Waals surface area contributed by atoms with Gasteiger partial charge in [0.25, 0.3) is 0 Å². The summed E-state index contributed by atoms with van der Waals surface area (Å²) in [4.78, 5) is 0.0711. The number of hydrogen-bond acceptors (Lipinski definition) is 3. The molecule has 0 aromatic carbocycles. The van der Waals surface area contributed by atoms with E-state index in [1.807, 2.05) is 0 Å². The van der Waals surface area contributed by atoms with Gasteiger partial charge in [0.05, 0.1) is 4.34 Å². The Morgan fingerprint density at radius 2 is 2.11 bits per heavy atom. The first kappa shape index (κ1) is 15.3. The van der Waals surface area contributed by atoms with Gasteiger partial charge in [-0.1, -0.05) is 34.9 Å². The third kappa shape index (κ3) is 4.20. The first-order chi connectivity index (χ1) is 8.99. The van der Waals surface area contributed by atoms with Gasteiger partial charge in [0.1, 0.15) is 9.23 Å². The van der Waals surface area contributed by atoms with Crippen LogP contribution in [0, 0.1) is 0 Å². The van der Waals surface area contributed by atoms with Crippen molar-refractivity contribution in [3.8, 4) is 0 Å². The van der Waals surface area contributed by atoms with Crippen molar-refractivity contribution in [2.24, 2.45) is 0 Å². The molecule has 0 radical (unpaired) electrons. The predicted octanol–water partition coefficient (Wildman–Crippen LogP) is 4.22. The lowest BCUT2D eigenvalue weighted by atomic mass is 9.97. The molecule has 2 rings (SSSR count). The first-order valence-corrected chi connectivity index (χ1v) is 9.17. The molecule has 0 saturated carbocycles. The van der Waals surface area contributed by atoms with E-state index >= 15 is 0 Å². The molecule has 1 heterocycles. The summed E-state index contributed by atoms with van der Waals surface area (Å²) >= 11 is 12.7. The average Bonchev–Trinajstić information content (AvgIpc) is 2.70. The van der Waals surface area contributed by atoms with Crippen LogP contribution >= 0.6 is 34.5 Å². The van der Waals surface area contributed by atoms with Crippen molar-refractivity contribution in [3.05, 3.63) is 26.4 Å². The van der Waals surface area contributed by atoms with Gasteiger partial charge in [-0.3, -0.25) is 0 Å². The van der Waals surface area contributed by atoms with E-state index in [9.17, 15) is 8.42 Å². The molecule has 1 aliphatic carbocycles. The third-order valence-electron chi connectivity index (χ3n) is 3.04. The zero-order chi connectivity index (χ0) is 13.9. The van der Waals surface area contributed by atoms with Gasteiger partial charge in [-0.05, 0) is 38.2 Å². The van der Waals surface area contributed by atoms with Crippen LogP contribution in [-0.2, 0) is 10.0 Å². The second-order valence-corrected chi connectivity index (χ2v) is 8.47. The Kier molecular flexibility index (Phi) is 5.31. The van der Waals surface area contributed by atoms with Gasteiger partial charge >= 0.3 is 0 Å². The summed E-state index contributed by atoms with van der Waals surface area (Å²) in [6, 6.07) is 1.39. The van der Waals surface area contributed by atoms with Crippen LogP contribution in [0.5, 0.6) is 0 Å². The highest BCUT2D eigenvalue weighted by Crippen LogP contribution is 2.34. The monoisotopic (exact) mass is 339 g/mol. The fourth-order valence-electron chi connectivity index (χ4n) is 2.06. The van der Waals surface area contributed by atoms with Crippen molar-refractivity contribution < 1.29 is 8.42 Å². The number of rotatable bonds is 5. The van der Waals surface area contributed by atoms with Crippen molar-refractivity contribution in [2.75, 3.05) is 6.54 Å². The van der Waals surface area contributed by atoms with E-state index in [0.29, 0.717) is 10.9 Å². The molecule has 19 heavy (non-hydrogen) atoms. The van der Waals surface area contributed by atoms with Crippen LogP contribution in [-0.4, -0.2) is 15.0 Å². The SMILES string of the molecule is O=S(=O)(NCCC1=CCCCC1)c1cc(Cl)sc1Cl. The predicted molar refractivity (Wildman–Crippen MR) is 80.7 cm³/mol. The van der Waals surface area contributed by atoms with Crippen LogP contribution < -0.4 is 4.72 Å². The quantitative estimate of drug-likeness (QED) is 0.816. The molecule has 0 unspecified atom stereocenters. The van der Waals surface area contributed by atoms with Crippen LogP contribution in [0.2, 0.25) is 8.67 Å². The van der Waals surface area contributed by atoms with Gasteiger partial charge in [0.15, 0.2) is 0 Å². The van der Waals surface area contributed by atoms with Crippen LogP contribution in [0.25, 0.3) is 0 Å². The zero-order valence-corrected chi connectivity index (χ0v) is 13.4. The van der Waals surface area contributed by atoms with Gasteiger partial charge in [-0.2, -0.15) is 0 Å². The van der Waals surface area contributed by atoms with E-state index in [2.05, 4.69) is 10.8 Å². The largest absolute Gasteiger partial charge is 0.242 e. The lowest BCUT2D eigenvalue weighted by molar-refractivity contribution is 0.580. The minimum atomic E-state index is -3.55. The van der Waals surface area contributed by atoms with E-state index in [0.717, 1.165) is 30.6 Å². The van der Waals surface area contributed by atoms with Gasteiger partial charge < -0.3 is 0 Å². The van der Waals surface area contributed by atoms with Crippen LogP contribution in [0.15, 0.2) is 22.6 Å². The van der Waals surface area contributed by atoms with Crippen LogP contribution in [0.3, 0.4) is 0 Å². The molecule has 0 fully saturated rings. The summed E-state index contributed by atoms with van der Waals surface area (Å²) in [6.07, 6.45) is 7.59. The molecular weight excluding hydrogens is 325 g/mol. The molecule has 0 aliphatic heterocycles. The smallest absolute Gasteiger partial charge is 0.211 e. The maximum absolute atomic E-state index is 12.0. The minimum Gasteiger partial charge on any atom is -0.211 e. The van der Waals surface area contributed by atoms with E-state index in [-0.39, 0.29) is 9.23 Å². The van der Waals surface area contributed by atoms with Crippen LogP contribution in [0.4, 0.5) is 0 Å². The van der Waals surface area contributed by atoms with E-state index in [1.165, 1.54) is 24.5 Å². The maximum Gasteiger partial charge on any atom is 0.242 e. The second kappa shape index (κ2) is 6.59. The summed E-state index contributed by atoms with van der Waals surface area (Å²) in [7, 11) is -3.55. The number of nitrogens with one attached hydrogen (secondary N) is 1. The van der Waals surface area contributed by atoms with Gasteiger partial charge in [-0.25, -0.2) is 13.1 Å².